The van der Waals surface area contributed by atoms with Gasteiger partial charge < -0.3 is 4.57 Å². The molecular formula is C24H24N4O2S. The zero-order valence-electron chi connectivity index (χ0n) is 17.8. The number of ketones is 1. The van der Waals surface area contributed by atoms with E-state index < -0.39 is 0 Å². The monoisotopic (exact) mass is 432 g/mol. The van der Waals surface area contributed by atoms with Crippen molar-refractivity contribution in [3.63, 3.8) is 0 Å². The van der Waals surface area contributed by atoms with Crippen LogP contribution in [0.25, 0.3) is 10.2 Å². The molecule has 0 unspecified atom stereocenters. The summed E-state index contributed by atoms with van der Waals surface area (Å²) in [5.41, 5.74) is 4.35. The van der Waals surface area contributed by atoms with Crippen LogP contribution < -0.4 is 4.90 Å². The number of carbonyl (C=O) groups is 2. The molecule has 2 heterocycles. The predicted octanol–water partition coefficient (Wildman–Crippen LogP) is 5.05. The van der Waals surface area contributed by atoms with Crippen LogP contribution in [-0.4, -0.2) is 32.8 Å². The first kappa shape index (κ1) is 20.9. The van der Waals surface area contributed by atoms with Gasteiger partial charge in [-0.1, -0.05) is 29.5 Å². The van der Waals surface area contributed by atoms with E-state index in [1.165, 1.54) is 23.8 Å². The lowest BCUT2D eigenvalue weighted by Gasteiger charge is -2.20. The molecule has 0 N–H and O–H groups in total. The number of carbonyl (C=O) groups excluding carboxylic acids is 2. The van der Waals surface area contributed by atoms with Gasteiger partial charge in [-0.2, -0.15) is 0 Å². The number of anilines is 1. The summed E-state index contributed by atoms with van der Waals surface area (Å²) in [6, 6.07) is 11.0. The number of benzene rings is 2. The van der Waals surface area contributed by atoms with Crippen LogP contribution in [0.3, 0.4) is 0 Å². The average Bonchev–Trinajstić information content (AvgIpc) is 3.40. The minimum absolute atomic E-state index is 0.0202. The van der Waals surface area contributed by atoms with Crippen molar-refractivity contribution in [3.8, 4) is 0 Å². The number of amides is 1. The highest BCUT2D eigenvalue weighted by molar-refractivity contribution is 7.22. The maximum absolute atomic E-state index is 13.4. The summed E-state index contributed by atoms with van der Waals surface area (Å²) in [6.45, 7) is 6.92. The smallest absolute Gasteiger partial charge is 0.260 e. The summed E-state index contributed by atoms with van der Waals surface area (Å²) in [7, 11) is 0. The van der Waals surface area contributed by atoms with Crippen LogP contribution in [0, 0.1) is 13.8 Å². The molecule has 0 saturated carbocycles. The van der Waals surface area contributed by atoms with Crippen LogP contribution in [0.2, 0.25) is 0 Å². The third-order valence-electron chi connectivity index (χ3n) is 5.19. The Morgan fingerprint density at radius 3 is 2.52 bits per heavy atom. The van der Waals surface area contributed by atoms with Crippen molar-refractivity contribution in [2.24, 2.45) is 0 Å². The molecule has 6 nitrogen and oxygen atoms in total. The molecule has 0 fully saturated rings. The largest absolute Gasteiger partial charge is 0.337 e. The van der Waals surface area contributed by atoms with E-state index in [1.807, 2.05) is 17.7 Å². The van der Waals surface area contributed by atoms with Gasteiger partial charge in [0.15, 0.2) is 10.9 Å². The van der Waals surface area contributed by atoms with Crippen molar-refractivity contribution in [1.29, 1.82) is 0 Å². The van der Waals surface area contributed by atoms with Gasteiger partial charge in [-0.25, -0.2) is 9.97 Å². The number of aryl methyl sites for hydroxylation is 3. The fourth-order valence-electron chi connectivity index (χ4n) is 3.59. The molecule has 0 saturated heterocycles. The normalized spacial score (nSPS) is 11.1. The van der Waals surface area contributed by atoms with Gasteiger partial charge in [0, 0.05) is 36.6 Å². The summed E-state index contributed by atoms with van der Waals surface area (Å²) in [4.78, 5) is 35.7. The number of hydrogen-bond acceptors (Lipinski definition) is 5. The Kier molecular flexibility index (Phi) is 5.95. The number of imidazole rings is 1. The van der Waals surface area contributed by atoms with E-state index in [0.717, 1.165) is 28.7 Å². The van der Waals surface area contributed by atoms with Gasteiger partial charge in [-0.3, -0.25) is 14.5 Å². The quantitative estimate of drug-likeness (QED) is 0.383. The second-order valence-electron chi connectivity index (χ2n) is 7.67. The van der Waals surface area contributed by atoms with Crippen molar-refractivity contribution in [2.75, 3.05) is 11.4 Å². The van der Waals surface area contributed by atoms with E-state index >= 15 is 0 Å². The van der Waals surface area contributed by atoms with Gasteiger partial charge in [-0.05, 0) is 56.5 Å². The molecular weight excluding hydrogens is 408 g/mol. The molecule has 0 aliphatic heterocycles. The van der Waals surface area contributed by atoms with Crippen LogP contribution in [-0.2, 0) is 6.54 Å². The van der Waals surface area contributed by atoms with E-state index in [-0.39, 0.29) is 11.7 Å². The van der Waals surface area contributed by atoms with Gasteiger partial charge >= 0.3 is 0 Å². The molecule has 0 spiro atoms. The first-order valence-corrected chi connectivity index (χ1v) is 11.0. The highest BCUT2D eigenvalue weighted by atomic mass is 32.1. The van der Waals surface area contributed by atoms with Crippen LogP contribution >= 0.6 is 11.3 Å². The number of Topliss-reactive ketones (excluding diaryl/α,β-unsaturated/α-hetero) is 1. The van der Waals surface area contributed by atoms with Gasteiger partial charge in [-0.15, -0.1) is 0 Å². The number of aromatic nitrogens is 3. The lowest BCUT2D eigenvalue weighted by atomic mass is 10.1. The van der Waals surface area contributed by atoms with Crippen molar-refractivity contribution in [2.45, 2.75) is 33.7 Å². The zero-order valence-corrected chi connectivity index (χ0v) is 18.6. The Labute approximate surface area is 185 Å². The fourth-order valence-corrected chi connectivity index (χ4v) is 4.76. The predicted molar refractivity (Wildman–Crippen MR) is 124 cm³/mol. The third kappa shape index (κ3) is 4.56. The molecule has 0 atom stereocenters. The van der Waals surface area contributed by atoms with E-state index in [0.29, 0.717) is 22.8 Å². The van der Waals surface area contributed by atoms with Crippen molar-refractivity contribution < 1.29 is 9.59 Å². The second-order valence-corrected chi connectivity index (χ2v) is 8.68. The van der Waals surface area contributed by atoms with Crippen LogP contribution in [0.5, 0.6) is 0 Å². The molecule has 4 rings (SSSR count). The van der Waals surface area contributed by atoms with Crippen LogP contribution in [0.4, 0.5) is 5.13 Å². The summed E-state index contributed by atoms with van der Waals surface area (Å²) in [6.07, 6.45) is 6.20. The maximum atomic E-state index is 13.4. The van der Waals surface area contributed by atoms with E-state index in [9.17, 15) is 9.59 Å². The van der Waals surface area contributed by atoms with Crippen molar-refractivity contribution >= 4 is 38.4 Å². The van der Waals surface area contributed by atoms with E-state index in [1.54, 1.807) is 41.7 Å². The minimum atomic E-state index is -0.117. The highest BCUT2D eigenvalue weighted by Gasteiger charge is 2.22. The first-order valence-electron chi connectivity index (χ1n) is 10.2. The maximum Gasteiger partial charge on any atom is 0.260 e. The second kappa shape index (κ2) is 8.81. The zero-order chi connectivity index (χ0) is 22.0. The molecule has 31 heavy (non-hydrogen) atoms. The highest BCUT2D eigenvalue weighted by Crippen LogP contribution is 2.32. The number of thiazole rings is 1. The summed E-state index contributed by atoms with van der Waals surface area (Å²) >= 11 is 1.53. The topological polar surface area (TPSA) is 68.1 Å². The van der Waals surface area contributed by atoms with Gasteiger partial charge in [0.1, 0.15) is 0 Å². The minimum Gasteiger partial charge on any atom is -0.337 e. The Hall–Kier alpha value is -3.32. The molecule has 0 aliphatic rings. The molecule has 2 aromatic carbocycles. The number of hydrogen-bond donors (Lipinski definition) is 0. The molecule has 7 heteroatoms. The summed E-state index contributed by atoms with van der Waals surface area (Å²) in [5.74, 6) is -0.137. The number of nitrogens with zero attached hydrogens (tertiary/aromatic N) is 4. The SMILES string of the molecule is CC(=O)c1ccc(C(=O)N(CCCn2ccnc2)c2nc3c(C)cc(C)cc3s2)cc1. The van der Waals surface area contributed by atoms with Gasteiger partial charge in [0.25, 0.3) is 5.91 Å². The molecule has 0 aliphatic carbocycles. The van der Waals surface area contributed by atoms with Crippen LogP contribution in [0.1, 0.15) is 45.2 Å². The van der Waals surface area contributed by atoms with E-state index in [4.69, 9.17) is 4.98 Å². The van der Waals surface area contributed by atoms with Crippen molar-refractivity contribution in [3.05, 3.63) is 77.4 Å². The molecule has 0 radical (unpaired) electrons. The van der Waals surface area contributed by atoms with Crippen molar-refractivity contribution in [1.82, 2.24) is 14.5 Å². The average molecular weight is 433 g/mol. The Bertz CT molecular complexity index is 1230. The Balaban J connectivity index is 1.65. The molecule has 1 amide bonds. The first-order chi connectivity index (χ1) is 14.9. The fraction of sp³-hybridized carbons (Fsp3) is 0.250. The Morgan fingerprint density at radius 2 is 1.84 bits per heavy atom. The van der Waals surface area contributed by atoms with E-state index in [2.05, 4.69) is 24.0 Å². The van der Waals surface area contributed by atoms with Crippen LogP contribution in [0.15, 0.2) is 55.1 Å². The standard InChI is InChI=1S/C24H24N4O2S/c1-16-13-17(2)22-21(14-16)31-24(26-22)28(11-4-10-27-12-9-25-15-27)23(30)20-7-5-19(6-8-20)18(3)29/h5-9,12-15H,4,10-11H2,1-3H3. The van der Waals surface area contributed by atoms with Gasteiger partial charge in [0.2, 0.25) is 0 Å². The lowest BCUT2D eigenvalue weighted by Crippen LogP contribution is -2.32. The number of rotatable bonds is 7. The summed E-state index contributed by atoms with van der Waals surface area (Å²) < 4.78 is 3.07. The van der Waals surface area contributed by atoms with Gasteiger partial charge in [0.05, 0.1) is 16.5 Å². The number of fused-ring (bicyclic) bond motifs is 1. The molecule has 4 aromatic rings. The third-order valence-corrected chi connectivity index (χ3v) is 6.22. The summed E-state index contributed by atoms with van der Waals surface area (Å²) in [5, 5.41) is 0.690. The lowest BCUT2D eigenvalue weighted by molar-refractivity contribution is 0.0982. The molecule has 2 aromatic heterocycles. The molecule has 158 valence electrons. The molecule has 0 bridgehead atoms. The Morgan fingerprint density at radius 1 is 1.10 bits per heavy atom.